The molecule has 1 saturated heterocycles. The summed E-state index contributed by atoms with van der Waals surface area (Å²) in [6.07, 6.45) is 3.97. The molecule has 0 amide bonds. The highest BCUT2D eigenvalue weighted by molar-refractivity contribution is 5.07. The van der Waals surface area contributed by atoms with Gasteiger partial charge in [-0.1, -0.05) is 6.07 Å². The summed E-state index contributed by atoms with van der Waals surface area (Å²) in [5, 5.41) is 6.67. The first kappa shape index (κ1) is 10.5. The molecule has 0 bridgehead atoms. The Morgan fingerprint density at radius 3 is 3.33 bits per heavy atom. The highest BCUT2D eigenvalue weighted by Crippen LogP contribution is 1.97. The molecule has 1 fully saturated rings. The number of rotatable bonds is 4. The number of ether oxygens (including phenoxy) is 1. The van der Waals surface area contributed by atoms with Crippen molar-refractivity contribution < 1.29 is 4.74 Å². The van der Waals surface area contributed by atoms with E-state index in [2.05, 4.69) is 21.7 Å². The molecule has 0 aromatic carbocycles. The molecular formula is C11H17N3O. The maximum Gasteiger partial charge on any atom is 0.0824 e. The predicted octanol–water partition coefficient (Wildman–Crippen LogP) is 0.160. The van der Waals surface area contributed by atoms with Crippen molar-refractivity contribution >= 4 is 0 Å². The Kier molecular flexibility index (Phi) is 4.08. The highest BCUT2D eigenvalue weighted by Gasteiger charge is 2.11. The summed E-state index contributed by atoms with van der Waals surface area (Å²) >= 11 is 0. The number of hydrogen-bond donors (Lipinski definition) is 2. The molecule has 1 aromatic rings. The third-order valence-electron chi connectivity index (χ3n) is 2.43. The molecule has 0 radical (unpaired) electrons. The molecule has 2 N–H and O–H groups in total. The minimum Gasteiger partial charge on any atom is -0.374 e. The standard InChI is InChI=1S/C11H17N3O/c1-2-10(6-12-3-1)7-14-9-11-8-13-4-5-15-11/h1-3,6,11,13-14H,4-5,7-9H2. The van der Waals surface area contributed by atoms with Gasteiger partial charge in [-0.05, 0) is 11.6 Å². The van der Waals surface area contributed by atoms with Gasteiger partial charge in [0.25, 0.3) is 0 Å². The molecule has 4 heteroatoms. The van der Waals surface area contributed by atoms with Gasteiger partial charge in [0.2, 0.25) is 0 Å². The fourth-order valence-corrected chi connectivity index (χ4v) is 1.63. The van der Waals surface area contributed by atoms with Crippen LogP contribution in [0.25, 0.3) is 0 Å². The van der Waals surface area contributed by atoms with Crippen molar-refractivity contribution in [1.29, 1.82) is 0 Å². The number of morpholine rings is 1. The van der Waals surface area contributed by atoms with Gasteiger partial charge in [-0.25, -0.2) is 0 Å². The topological polar surface area (TPSA) is 46.2 Å². The van der Waals surface area contributed by atoms with Crippen molar-refractivity contribution in [3.8, 4) is 0 Å². The van der Waals surface area contributed by atoms with Crippen LogP contribution in [0.4, 0.5) is 0 Å². The summed E-state index contributed by atoms with van der Waals surface area (Å²) in [6, 6.07) is 4.02. The Morgan fingerprint density at radius 1 is 1.60 bits per heavy atom. The lowest BCUT2D eigenvalue weighted by atomic mass is 10.2. The SMILES string of the molecule is c1cncc(CNCC2CNCCO2)c1. The van der Waals surface area contributed by atoms with E-state index < -0.39 is 0 Å². The average molecular weight is 207 g/mol. The van der Waals surface area contributed by atoms with E-state index in [9.17, 15) is 0 Å². The molecule has 2 rings (SSSR count). The fraction of sp³-hybridized carbons (Fsp3) is 0.545. The van der Waals surface area contributed by atoms with Crippen molar-refractivity contribution in [2.45, 2.75) is 12.6 Å². The van der Waals surface area contributed by atoms with Gasteiger partial charge in [0, 0.05) is 38.6 Å². The molecule has 2 heterocycles. The first-order valence-corrected chi connectivity index (χ1v) is 5.37. The van der Waals surface area contributed by atoms with Crippen molar-refractivity contribution in [2.24, 2.45) is 0 Å². The van der Waals surface area contributed by atoms with Crippen LogP contribution >= 0.6 is 0 Å². The van der Waals surface area contributed by atoms with Crippen molar-refractivity contribution in [1.82, 2.24) is 15.6 Å². The van der Waals surface area contributed by atoms with Crippen LogP contribution in [0.2, 0.25) is 0 Å². The molecule has 1 unspecified atom stereocenters. The van der Waals surface area contributed by atoms with E-state index in [1.807, 2.05) is 12.3 Å². The normalized spacial score (nSPS) is 21.5. The summed E-state index contributed by atoms with van der Waals surface area (Å²) in [4.78, 5) is 4.07. The lowest BCUT2D eigenvalue weighted by molar-refractivity contribution is 0.0290. The summed E-state index contributed by atoms with van der Waals surface area (Å²) in [5.41, 5.74) is 1.21. The quantitative estimate of drug-likeness (QED) is 0.738. The smallest absolute Gasteiger partial charge is 0.0824 e. The fourth-order valence-electron chi connectivity index (χ4n) is 1.63. The first-order chi connectivity index (χ1) is 7.45. The van der Waals surface area contributed by atoms with Crippen molar-refractivity contribution in [3.05, 3.63) is 30.1 Å². The van der Waals surface area contributed by atoms with Gasteiger partial charge in [0.05, 0.1) is 12.7 Å². The zero-order chi connectivity index (χ0) is 10.3. The third kappa shape index (κ3) is 3.58. The molecule has 0 aliphatic carbocycles. The lowest BCUT2D eigenvalue weighted by Gasteiger charge is -2.23. The molecule has 0 spiro atoms. The summed E-state index contributed by atoms with van der Waals surface area (Å²) in [7, 11) is 0. The number of hydrogen-bond acceptors (Lipinski definition) is 4. The van der Waals surface area contributed by atoms with E-state index in [4.69, 9.17) is 4.74 Å². The molecular weight excluding hydrogens is 190 g/mol. The Bertz CT molecular complexity index is 272. The number of aromatic nitrogens is 1. The largest absolute Gasteiger partial charge is 0.374 e. The average Bonchev–Trinajstić information content (AvgIpc) is 2.32. The van der Waals surface area contributed by atoms with E-state index in [1.165, 1.54) is 5.56 Å². The van der Waals surface area contributed by atoms with Gasteiger partial charge in [-0.3, -0.25) is 4.98 Å². The van der Waals surface area contributed by atoms with Crippen LogP contribution in [0.15, 0.2) is 24.5 Å². The van der Waals surface area contributed by atoms with Gasteiger partial charge < -0.3 is 15.4 Å². The van der Waals surface area contributed by atoms with Gasteiger partial charge in [0.1, 0.15) is 0 Å². The number of nitrogens with zero attached hydrogens (tertiary/aromatic N) is 1. The zero-order valence-electron chi connectivity index (χ0n) is 8.78. The molecule has 1 aliphatic rings. The van der Waals surface area contributed by atoms with Crippen LogP contribution in [-0.4, -0.2) is 37.3 Å². The third-order valence-corrected chi connectivity index (χ3v) is 2.43. The molecule has 82 valence electrons. The van der Waals surface area contributed by atoms with Crippen LogP contribution in [0.5, 0.6) is 0 Å². The minimum atomic E-state index is 0.301. The van der Waals surface area contributed by atoms with Crippen LogP contribution in [0.1, 0.15) is 5.56 Å². The molecule has 1 aromatic heterocycles. The highest BCUT2D eigenvalue weighted by atomic mass is 16.5. The van der Waals surface area contributed by atoms with E-state index in [0.717, 1.165) is 32.8 Å². The monoisotopic (exact) mass is 207 g/mol. The summed E-state index contributed by atoms with van der Waals surface area (Å²) < 4.78 is 5.58. The predicted molar refractivity (Wildman–Crippen MR) is 58.6 cm³/mol. The van der Waals surface area contributed by atoms with Crippen LogP contribution in [0.3, 0.4) is 0 Å². The lowest BCUT2D eigenvalue weighted by Crippen LogP contribution is -2.43. The second-order valence-electron chi connectivity index (χ2n) is 3.69. The number of nitrogens with one attached hydrogen (secondary N) is 2. The minimum absolute atomic E-state index is 0.301. The Hall–Kier alpha value is -0.970. The Balaban J connectivity index is 1.66. The number of pyridine rings is 1. The zero-order valence-corrected chi connectivity index (χ0v) is 8.78. The molecule has 1 atom stereocenters. The van der Waals surface area contributed by atoms with Crippen LogP contribution in [-0.2, 0) is 11.3 Å². The van der Waals surface area contributed by atoms with Crippen molar-refractivity contribution in [2.75, 3.05) is 26.2 Å². The molecule has 1 aliphatic heterocycles. The van der Waals surface area contributed by atoms with Crippen molar-refractivity contribution in [3.63, 3.8) is 0 Å². The van der Waals surface area contributed by atoms with Gasteiger partial charge in [-0.2, -0.15) is 0 Å². The summed E-state index contributed by atoms with van der Waals surface area (Å²) in [5.74, 6) is 0. The molecule has 15 heavy (non-hydrogen) atoms. The van der Waals surface area contributed by atoms with E-state index >= 15 is 0 Å². The Morgan fingerprint density at radius 2 is 2.60 bits per heavy atom. The van der Waals surface area contributed by atoms with Gasteiger partial charge in [0.15, 0.2) is 0 Å². The molecule has 0 saturated carbocycles. The van der Waals surface area contributed by atoms with E-state index in [1.54, 1.807) is 6.20 Å². The second kappa shape index (κ2) is 5.80. The van der Waals surface area contributed by atoms with E-state index in [-0.39, 0.29) is 0 Å². The maximum atomic E-state index is 5.58. The molecule has 4 nitrogen and oxygen atoms in total. The second-order valence-corrected chi connectivity index (χ2v) is 3.69. The van der Waals surface area contributed by atoms with Crippen LogP contribution in [0, 0.1) is 0 Å². The van der Waals surface area contributed by atoms with Gasteiger partial charge in [-0.15, -0.1) is 0 Å². The van der Waals surface area contributed by atoms with E-state index in [0.29, 0.717) is 6.10 Å². The summed E-state index contributed by atoms with van der Waals surface area (Å²) in [6.45, 7) is 4.48. The maximum absolute atomic E-state index is 5.58. The first-order valence-electron chi connectivity index (χ1n) is 5.37. The van der Waals surface area contributed by atoms with Gasteiger partial charge >= 0.3 is 0 Å². The Labute approximate surface area is 90.0 Å². The van der Waals surface area contributed by atoms with Crippen LogP contribution < -0.4 is 10.6 Å².